The van der Waals surface area contributed by atoms with Crippen molar-refractivity contribution in [3.05, 3.63) is 47.8 Å². The molecule has 0 unspecified atom stereocenters. The molecule has 19 heavy (non-hydrogen) atoms. The third-order valence-corrected chi connectivity index (χ3v) is 3.65. The Morgan fingerprint density at radius 3 is 2.21 bits per heavy atom. The molecule has 2 heteroatoms. The van der Waals surface area contributed by atoms with Gasteiger partial charge in [-0.2, -0.15) is 0 Å². The Balaban J connectivity index is 3.21. The first-order valence-electron chi connectivity index (χ1n) is 6.79. The van der Waals surface area contributed by atoms with Gasteiger partial charge in [0.25, 0.3) is 0 Å². The van der Waals surface area contributed by atoms with Crippen molar-refractivity contribution >= 4 is 5.57 Å². The normalized spacial score (nSPS) is 12.9. The summed E-state index contributed by atoms with van der Waals surface area (Å²) in [6.07, 6.45) is 4.31. The van der Waals surface area contributed by atoms with Crippen molar-refractivity contribution < 1.29 is 9.13 Å². The molecule has 1 nitrogen and oxygen atoms in total. The summed E-state index contributed by atoms with van der Waals surface area (Å²) >= 11 is 0. The van der Waals surface area contributed by atoms with Crippen LogP contribution in [0.5, 0.6) is 5.75 Å². The summed E-state index contributed by atoms with van der Waals surface area (Å²) in [5.41, 5.74) is 3.24. The average Bonchev–Trinajstić information content (AvgIpc) is 2.46. The summed E-state index contributed by atoms with van der Waals surface area (Å²) in [5, 5.41) is 0. The van der Waals surface area contributed by atoms with Gasteiger partial charge in [0.05, 0.1) is 13.4 Å². The predicted molar refractivity (Wildman–Crippen MR) is 79.9 cm³/mol. The molecule has 104 valence electrons. The van der Waals surface area contributed by atoms with Crippen molar-refractivity contribution in [3.63, 3.8) is 0 Å². The first-order valence-corrected chi connectivity index (χ1v) is 6.79. The summed E-state index contributed by atoms with van der Waals surface area (Å²) in [5.74, 6) is 1.31. The molecule has 0 amide bonds. The van der Waals surface area contributed by atoms with Gasteiger partial charge in [-0.3, -0.25) is 0 Å². The molecule has 0 saturated carbocycles. The highest BCUT2D eigenvalue weighted by molar-refractivity contribution is 5.76. The van der Waals surface area contributed by atoms with Crippen LogP contribution < -0.4 is 4.74 Å². The van der Waals surface area contributed by atoms with Gasteiger partial charge in [-0.1, -0.05) is 31.6 Å². The summed E-state index contributed by atoms with van der Waals surface area (Å²) in [4.78, 5) is 0. The monoisotopic (exact) mass is 262 g/mol. The molecule has 0 spiro atoms. The van der Waals surface area contributed by atoms with Crippen LogP contribution in [0.4, 0.5) is 4.39 Å². The first kappa shape index (κ1) is 15.5. The summed E-state index contributed by atoms with van der Waals surface area (Å²) in [7, 11) is 1.64. The maximum atomic E-state index is 12.7. The van der Waals surface area contributed by atoms with Crippen molar-refractivity contribution in [1.29, 1.82) is 0 Å². The number of rotatable bonds is 6. The van der Waals surface area contributed by atoms with E-state index in [0.29, 0.717) is 12.2 Å². The van der Waals surface area contributed by atoms with E-state index in [1.54, 1.807) is 13.2 Å². The molecule has 0 aliphatic carbocycles. The number of hydrogen-bond donors (Lipinski definition) is 0. The van der Waals surface area contributed by atoms with Crippen LogP contribution in [-0.4, -0.2) is 7.11 Å². The van der Waals surface area contributed by atoms with Crippen LogP contribution in [0.25, 0.3) is 5.57 Å². The molecule has 1 aromatic carbocycles. The second-order valence-corrected chi connectivity index (χ2v) is 4.63. The zero-order valence-corrected chi connectivity index (χ0v) is 12.2. The quantitative estimate of drug-likeness (QED) is 0.625. The van der Waals surface area contributed by atoms with Crippen molar-refractivity contribution in [3.8, 4) is 5.75 Å². The van der Waals surface area contributed by atoms with Gasteiger partial charge in [0.1, 0.15) is 5.75 Å². The molecule has 0 atom stereocenters. The summed E-state index contributed by atoms with van der Waals surface area (Å²) < 4.78 is 17.8. The molecule has 0 fully saturated rings. The Hall–Kier alpha value is -1.57. The van der Waals surface area contributed by atoms with Gasteiger partial charge in [0.15, 0.2) is 0 Å². The van der Waals surface area contributed by atoms with E-state index in [-0.39, 0.29) is 0 Å². The molecular formula is C17H23FO. The van der Waals surface area contributed by atoms with Crippen molar-refractivity contribution in [2.45, 2.75) is 33.6 Å². The average molecular weight is 262 g/mol. The highest BCUT2D eigenvalue weighted by Crippen LogP contribution is 2.29. The lowest BCUT2D eigenvalue weighted by Gasteiger charge is -2.17. The standard InChI is InChI=1S/C17H23FO/c1-5-14(6-2)13(3)17(11-12-18)15-7-9-16(19-4)10-8-15/h7-12,14H,5-6H2,1-4H3/b12-11?,17-13+. The Bertz CT molecular complexity index is 439. The van der Waals surface area contributed by atoms with Crippen molar-refractivity contribution in [2.24, 2.45) is 5.92 Å². The van der Waals surface area contributed by atoms with Gasteiger partial charge < -0.3 is 4.74 Å². The van der Waals surface area contributed by atoms with E-state index in [4.69, 9.17) is 4.74 Å². The highest BCUT2D eigenvalue weighted by atomic mass is 19.1. The minimum atomic E-state index is 0.494. The number of hydrogen-bond acceptors (Lipinski definition) is 1. The molecule has 0 heterocycles. The largest absolute Gasteiger partial charge is 0.497 e. The van der Waals surface area contributed by atoms with Gasteiger partial charge >= 0.3 is 0 Å². The van der Waals surface area contributed by atoms with Crippen LogP contribution in [0.15, 0.2) is 42.2 Å². The van der Waals surface area contributed by atoms with E-state index in [2.05, 4.69) is 20.8 Å². The predicted octanol–water partition coefficient (Wildman–Crippen LogP) is 5.39. The summed E-state index contributed by atoms with van der Waals surface area (Å²) in [6, 6.07) is 7.75. The van der Waals surface area contributed by atoms with E-state index in [1.165, 1.54) is 5.57 Å². The van der Waals surface area contributed by atoms with Crippen molar-refractivity contribution in [1.82, 2.24) is 0 Å². The lowest BCUT2D eigenvalue weighted by atomic mass is 9.88. The Morgan fingerprint density at radius 2 is 1.79 bits per heavy atom. The number of benzene rings is 1. The van der Waals surface area contributed by atoms with E-state index >= 15 is 0 Å². The van der Waals surface area contributed by atoms with Crippen LogP contribution in [-0.2, 0) is 0 Å². The molecule has 0 aromatic heterocycles. The van der Waals surface area contributed by atoms with E-state index < -0.39 is 0 Å². The molecule has 1 rings (SSSR count). The Kier molecular flexibility index (Phi) is 6.34. The van der Waals surface area contributed by atoms with E-state index in [9.17, 15) is 4.39 Å². The van der Waals surface area contributed by atoms with Gasteiger partial charge in [-0.05, 0) is 55.0 Å². The second-order valence-electron chi connectivity index (χ2n) is 4.63. The van der Waals surface area contributed by atoms with Crippen LogP contribution >= 0.6 is 0 Å². The number of halogens is 1. The number of allylic oxidation sites excluding steroid dienone is 3. The molecule has 1 aromatic rings. The van der Waals surface area contributed by atoms with Crippen LogP contribution in [0.3, 0.4) is 0 Å². The van der Waals surface area contributed by atoms with E-state index in [1.807, 2.05) is 24.3 Å². The minimum Gasteiger partial charge on any atom is -0.497 e. The fourth-order valence-corrected chi connectivity index (χ4v) is 2.41. The molecule has 0 aliphatic heterocycles. The number of methoxy groups -OCH3 is 1. The maximum Gasteiger partial charge on any atom is 0.118 e. The van der Waals surface area contributed by atoms with Crippen LogP contribution in [0, 0.1) is 5.92 Å². The Labute approximate surface area is 115 Å². The fraction of sp³-hybridized carbons (Fsp3) is 0.412. The molecule has 0 saturated heterocycles. The topological polar surface area (TPSA) is 9.23 Å². The molecular weight excluding hydrogens is 239 g/mol. The highest BCUT2D eigenvalue weighted by Gasteiger charge is 2.11. The molecule has 0 N–H and O–H groups in total. The second kappa shape index (κ2) is 7.78. The smallest absolute Gasteiger partial charge is 0.118 e. The zero-order valence-electron chi connectivity index (χ0n) is 12.2. The van der Waals surface area contributed by atoms with Crippen LogP contribution in [0.2, 0.25) is 0 Å². The van der Waals surface area contributed by atoms with Gasteiger partial charge in [0, 0.05) is 0 Å². The van der Waals surface area contributed by atoms with E-state index in [0.717, 1.165) is 29.7 Å². The minimum absolute atomic E-state index is 0.494. The fourth-order valence-electron chi connectivity index (χ4n) is 2.41. The van der Waals surface area contributed by atoms with Gasteiger partial charge in [-0.25, -0.2) is 4.39 Å². The van der Waals surface area contributed by atoms with Gasteiger partial charge in [0.2, 0.25) is 0 Å². The van der Waals surface area contributed by atoms with Gasteiger partial charge in [-0.15, -0.1) is 0 Å². The lowest BCUT2D eigenvalue weighted by Crippen LogP contribution is -2.01. The summed E-state index contributed by atoms with van der Waals surface area (Å²) in [6.45, 7) is 6.43. The molecule has 0 aliphatic rings. The third-order valence-electron chi connectivity index (χ3n) is 3.65. The molecule has 0 radical (unpaired) electrons. The molecule has 0 bridgehead atoms. The van der Waals surface area contributed by atoms with Crippen LogP contribution in [0.1, 0.15) is 39.2 Å². The SMILES string of the molecule is CCC(CC)/C(C)=C(\C=CF)c1ccc(OC)cc1. The Morgan fingerprint density at radius 1 is 1.21 bits per heavy atom. The zero-order chi connectivity index (χ0) is 14.3. The van der Waals surface area contributed by atoms with Crippen molar-refractivity contribution in [2.75, 3.05) is 7.11 Å². The lowest BCUT2D eigenvalue weighted by molar-refractivity contribution is 0.415. The third kappa shape index (κ3) is 3.95. The maximum absolute atomic E-state index is 12.7. The first-order chi connectivity index (χ1) is 9.17. The number of ether oxygens (including phenoxy) is 1.